The molecule has 2 amide bonds. The van der Waals surface area contributed by atoms with Crippen LogP contribution in [0.5, 0.6) is 0 Å². The number of urea groups is 1. The number of pyridine rings is 1. The van der Waals surface area contributed by atoms with Crippen molar-refractivity contribution in [1.29, 1.82) is 0 Å². The smallest absolute Gasteiger partial charge is 0.323 e. The van der Waals surface area contributed by atoms with E-state index in [1.807, 2.05) is 19.1 Å². The predicted octanol–water partition coefficient (Wildman–Crippen LogP) is 1.43. The number of nitrogens with zero attached hydrogens (tertiary/aromatic N) is 3. The molecule has 1 aromatic rings. The molecule has 0 spiro atoms. The third kappa shape index (κ3) is 4.95. The van der Waals surface area contributed by atoms with Crippen LogP contribution < -0.4 is 0 Å². The highest BCUT2D eigenvalue weighted by Gasteiger charge is 2.19. The second-order valence-corrected chi connectivity index (χ2v) is 4.31. The first-order valence-electron chi connectivity index (χ1n) is 6.15. The first-order chi connectivity index (χ1) is 9.04. The molecule has 0 unspecified atom stereocenters. The molecule has 0 aromatic carbocycles. The molecule has 1 aromatic heterocycles. The molecule has 1 N–H and O–H groups in total. The normalized spacial score (nSPS) is 10.0. The lowest BCUT2D eigenvalue weighted by Crippen LogP contribution is -2.43. The highest BCUT2D eigenvalue weighted by molar-refractivity contribution is 5.80. The van der Waals surface area contributed by atoms with Gasteiger partial charge in [-0.3, -0.25) is 9.78 Å². The molecule has 104 valence electrons. The number of amides is 2. The van der Waals surface area contributed by atoms with Crippen LogP contribution in [0.3, 0.4) is 0 Å². The number of aromatic nitrogens is 1. The molecular weight excluding hydrogens is 246 g/mol. The third-order valence-electron chi connectivity index (χ3n) is 2.59. The van der Waals surface area contributed by atoms with Crippen molar-refractivity contribution in [3.63, 3.8) is 0 Å². The van der Waals surface area contributed by atoms with Crippen LogP contribution in [-0.2, 0) is 11.3 Å². The van der Waals surface area contributed by atoms with Gasteiger partial charge in [0, 0.05) is 32.5 Å². The Balaban J connectivity index is 2.65. The molecule has 6 nitrogen and oxygen atoms in total. The van der Waals surface area contributed by atoms with Gasteiger partial charge in [-0.15, -0.1) is 0 Å². The fraction of sp³-hybridized carbons (Fsp3) is 0.462. The van der Waals surface area contributed by atoms with Crippen molar-refractivity contribution in [3.8, 4) is 0 Å². The summed E-state index contributed by atoms with van der Waals surface area (Å²) in [6.45, 7) is 2.51. The van der Waals surface area contributed by atoms with Crippen molar-refractivity contribution in [1.82, 2.24) is 14.8 Å². The Morgan fingerprint density at radius 3 is 2.47 bits per heavy atom. The molecule has 0 saturated carbocycles. The number of hydrogen-bond donors (Lipinski definition) is 1. The average Bonchev–Trinajstić information content (AvgIpc) is 2.38. The Labute approximate surface area is 112 Å². The van der Waals surface area contributed by atoms with E-state index in [-0.39, 0.29) is 12.6 Å². The summed E-state index contributed by atoms with van der Waals surface area (Å²) >= 11 is 0. The monoisotopic (exact) mass is 265 g/mol. The van der Waals surface area contributed by atoms with E-state index >= 15 is 0 Å². The molecule has 0 fully saturated rings. The Bertz CT molecular complexity index is 422. The molecule has 6 heteroatoms. The molecule has 1 rings (SSSR count). The lowest BCUT2D eigenvalue weighted by Gasteiger charge is -2.26. The van der Waals surface area contributed by atoms with E-state index in [0.717, 1.165) is 12.0 Å². The van der Waals surface area contributed by atoms with Gasteiger partial charge in [0.05, 0.1) is 0 Å². The van der Waals surface area contributed by atoms with E-state index in [1.165, 1.54) is 9.80 Å². The molecule has 0 saturated heterocycles. The largest absolute Gasteiger partial charge is 0.480 e. The standard InChI is InChI=1S/C13H19N3O3/c1-3-8-16(10-12(17)18)13(19)15(2)9-11-4-6-14-7-5-11/h4-7H,3,8-10H2,1-2H3,(H,17,18). The van der Waals surface area contributed by atoms with Crippen LogP contribution in [0.4, 0.5) is 4.79 Å². The van der Waals surface area contributed by atoms with Crippen molar-refractivity contribution in [2.45, 2.75) is 19.9 Å². The molecule has 0 radical (unpaired) electrons. The number of carbonyl (C=O) groups excluding carboxylic acids is 1. The molecule has 0 aliphatic heterocycles. The van der Waals surface area contributed by atoms with Crippen LogP contribution >= 0.6 is 0 Å². The van der Waals surface area contributed by atoms with Crippen molar-refractivity contribution >= 4 is 12.0 Å². The maximum atomic E-state index is 12.1. The minimum absolute atomic E-state index is 0.270. The quantitative estimate of drug-likeness (QED) is 0.844. The van der Waals surface area contributed by atoms with Crippen LogP contribution in [0, 0.1) is 0 Å². The Kier molecular flexibility index (Phi) is 5.78. The van der Waals surface area contributed by atoms with Gasteiger partial charge in [0.15, 0.2) is 0 Å². The number of aliphatic carboxylic acids is 1. The first kappa shape index (κ1) is 14.9. The second-order valence-electron chi connectivity index (χ2n) is 4.31. The maximum Gasteiger partial charge on any atom is 0.323 e. The van der Waals surface area contributed by atoms with Gasteiger partial charge in [0.25, 0.3) is 0 Å². The lowest BCUT2D eigenvalue weighted by molar-refractivity contribution is -0.137. The van der Waals surface area contributed by atoms with Gasteiger partial charge in [-0.1, -0.05) is 6.92 Å². The molecule has 0 atom stereocenters. The fourth-order valence-corrected chi connectivity index (χ4v) is 1.75. The minimum Gasteiger partial charge on any atom is -0.480 e. The van der Waals surface area contributed by atoms with Gasteiger partial charge in [0.2, 0.25) is 0 Å². The Morgan fingerprint density at radius 1 is 1.32 bits per heavy atom. The van der Waals surface area contributed by atoms with E-state index in [4.69, 9.17) is 5.11 Å². The van der Waals surface area contributed by atoms with Crippen LogP contribution in [-0.4, -0.2) is 52.0 Å². The van der Waals surface area contributed by atoms with Gasteiger partial charge in [0.1, 0.15) is 6.54 Å². The first-order valence-corrected chi connectivity index (χ1v) is 6.15. The van der Waals surface area contributed by atoms with E-state index in [0.29, 0.717) is 13.1 Å². The molecule has 19 heavy (non-hydrogen) atoms. The Morgan fingerprint density at radius 2 is 1.95 bits per heavy atom. The number of carbonyl (C=O) groups is 2. The van der Waals surface area contributed by atoms with Gasteiger partial charge in [-0.05, 0) is 24.1 Å². The lowest BCUT2D eigenvalue weighted by atomic mass is 10.2. The number of carboxylic acids is 1. The van der Waals surface area contributed by atoms with Crippen LogP contribution in [0.1, 0.15) is 18.9 Å². The topological polar surface area (TPSA) is 73.7 Å². The summed E-state index contributed by atoms with van der Waals surface area (Å²) in [5.74, 6) is -1.00. The van der Waals surface area contributed by atoms with Crippen molar-refractivity contribution in [3.05, 3.63) is 30.1 Å². The van der Waals surface area contributed by atoms with Crippen molar-refractivity contribution in [2.75, 3.05) is 20.1 Å². The van der Waals surface area contributed by atoms with Gasteiger partial charge in [-0.25, -0.2) is 4.79 Å². The zero-order chi connectivity index (χ0) is 14.3. The van der Waals surface area contributed by atoms with E-state index in [9.17, 15) is 9.59 Å². The number of carboxylic acid groups (broad SMARTS) is 1. The second kappa shape index (κ2) is 7.35. The minimum atomic E-state index is -1.00. The zero-order valence-corrected chi connectivity index (χ0v) is 11.2. The van der Waals surface area contributed by atoms with Gasteiger partial charge < -0.3 is 14.9 Å². The summed E-state index contributed by atoms with van der Waals surface area (Å²) in [5.41, 5.74) is 0.956. The molecule has 0 bridgehead atoms. The third-order valence-corrected chi connectivity index (χ3v) is 2.59. The molecular formula is C13H19N3O3. The molecule has 1 heterocycles. The number of hydrogen-bond acceptors (Lipinski definition) is 3. The average molecular weight is 265 g/mol. The van der Waals surface area contributed by atoms with Gasteiger partial charge in [-0.2, -0.15) is 0 Å². The summed E-state index contributed by atoms with van der Waals surface area (Å²) in [5, 5.41) is 8.81. The summed E-state index contributed by atoms with van der Waals surface area (Å²) in [6, 6.07) is 3.37. The summed E-state index contributed by atoms with van der Waals surface area (Å²) in [7, 11) is 1.66. The highest BCUT2D eigenvalue weighted by Crippen LogP contribution is 2.05. The van der Waals surface area contributed by atoms with Crippen LogP contribution in [0.2, 0.25) is 0 Å². The van der Waals surface area contributed by atoms with Crippen LogP contribution in [0.15, 0.2) is 24.5 Å². The maximum absolute atomic E-state index is 12.1. The molecule has 0 aliphatic carbocycles. The predicted molar refractivity (Wildman–Crippen MR) is 70.6 cm³/mol. The number of rotatable bonds is 6. The zero-order valence-electron chi connectivity index (χ0n) is 11.2. The summed E-state index contributed by atoms with van der Waals surface area (Å²) < 4.78 is 0. The van der Waals surface area contributed by atoms with E-state index < -0.39 is 5.97 Å². The molecule has 0 aliphatic rings. The summed E-state index contributed by atoms with van der Waals surface area (Å²) in [6.07, 6.45) is 4.05. The van der Waals surface area contributed by atoms with E-state index in [1.54, 1.807) is 19.4 Å². The Hall–Kier alpha value is -2.11. The van der Waals surface area contributed by atoms with E-state index in [2.05, 4.69) is 4.98 Å². The fourth-order valence-electron chi connectivity index (χ4n) is 1.75. The SMILES string of the molecule is CCCN(CC(=O)O)C(=O)N(C)Cc1ccncc1. The highest BCUT2D eigenvalue weighted by atomic mass is 16.4. The van der Waals surface area contributed by atoms with Gasteiger partial charge >= 0.3 is 12.0 Å². The summed E-state index contributed by atoms with van der Waals surface area (Å²) in [4.78, 5) is 29.6. The van der Waals surface area contributed by atoms with Crippen molar-refractivity contribution < 1.29 is 14.7 Å². The van der Waals surface area contributed by atoms with Crippen molar-refractivity contribution in [2.24, 2.45) is 0 Å². The van der Waals surface area contributed by atoms with Crippen LogP contribution in [0.25, 0.3) is 0 Å².